The fraction of sp³-hybridized carbons (Fsp3) is 0.556. The average molecular weight is 349 g/mol. The molecule has 0 aliphatic carbocycles. The number of rotatable bonds is 5. The van der Waals surface area contributed by atoms with Gasteiger partial charge in [-0.2, -0.15) is 0 Å². The zero-order chi connectivity index (χ0) is 18.4. The Hall–Kier alpha value is -2.44. The Morgan fingerprint density at radius 1 is 1.40 bits per heavy atom. The van der Waals surface area contributed by atoms with Crippen LogP contribution in [0.4, 0.5) is 0 Å². The summed E-state index contributed by atoms with van der Waals surface area (Å²) in [5.74, 6) is 1.12. The normalized spacial score (nSPS) is 20.5. The molecule has 7 heteroatoms. The molecule has 7 nitrogen and oxygen atoms in total. The van der Waals surface area contributed by atoms with Crippen LogP contribution < -0.4 is 10.1 Å². The number of carbonyl (C=O) groups is 1. The zero-order valence-electron chi connectivity index (χ0n) is 15.3. The van der Waals surface area contributed by atoms with Crippen molar-refractivity contribution in [2.45, 2.75) is 20.4 Å². The van der Waals surface area contributed by atoms with Crippen LogP contribution in [0.1, 0.15) is 19.4 Å². The number of likely N-dealkylation sites (tertiary alicyclic amines) is 1. The molecule has 0 radical (unpaired) electrons. The van der Waals surface area contributed by atoms with Gasteiger partial charge in [0, 0.05) is 25.2 Å². The highest BCUT2D eigenvalue weighted by atomic mass is 16.5. The second kappa shape index (κ2) is 8.60. The molecule has 0 amide bonds. The highest BCUT2D eigenvalue weighted by molar-refractivity contribution is 5.82. The molecule has 0 spiro atoms. The first-order chi connectivity index (χ1) is 12.0. The van der Waals surface area contributed by atoms with Crippen molar-refractivity contribution < 1.29 is 19.4 Å². The summed E-state index contributed by atoms with van der Waals surface area (Å²) in [6.07, 6.45) is 0. The van der Waals surface area contributed by atoms with Gasteiger partial charge in [0.1, 0.15) is 0 Å². The highest BCUT2D eigenvalue weighted by Gasteiger charge is 2.36. The Morgan fingerprint density at radius 2 is 2.16 bits per heavy atom. The highest BCUT2D eigenvalue weighted by Crippen LogP contribution is 2.30. The number of hydrogen-bond acceptors (Lipinski definition) is 5. The molecule has 1 heterocycles. The SMILES string of the molecule is CCNC(=NCc1cccc(OC)c1O)N1CC(C)C(C(=O)OC)C1. The molecule has 1 aliphatic heterocycles. The van der Waals surface area contributed by atoms with Gasteiger partial charge in [-0.25, -0.2) is 4.99 Å². The molecule has 2 atom stereocenters. The van der Waals surface area contributed by atoms with E-state index in [2.05, 4.69) is 15.2 Å². The lowest BCUT2D eigenvalue weighted by molar-refractivity contribution is -0.145. The molecule has 1 fully saturated rings. The number of aromatic hydroxyl groups is 1. The molecule has 0 saturated carbocycles. The Balaban J connectivity index is 2.15. The summed E-state index contributed by atoms with van der Waals surface area (Å²) in [6.45, 7) is 6.38. The van der Waals surface area contributed by atoms with Crippen LogP contribution in [0.2, 0.25) is 0 Å². The predicted octanol–water partition coefficient (Wildman–Crippen LogP) is 1.61. The third-order valence-corrected chi connectivity index (χ3v) is 4.45. The van der Waals surface area contributed by atoms with Crippen LogP contribution in [0.3, 0.4) is 0 Å². The third-order valence-electron chi connectivity index (χ3n) is 4.45. The van der Waals surface area contributed by atoms with Crippen LogP contribution in [-0.2, 0) is 16.1 Å². The number of methoxy groups -OCH3 is 2. The molecule has 1 aromatic rings. The monoisotopic (exact) mass is 349 g/mol. The van der Waals surface area contributed by atoms with Crippen molar-refractivity contribution in [2.24, 2.45) is 16.8 Å². The van der Waals surface area contributed by atoms with Gasteiger partial charge in [0.05, 0.1) is 26.7 Å². The van der Waals surface area contributed by atoms with Crippen LogP contribution in [0, 0.1) is 11.8 Å². The lowest BCUT2D eigenvalue weighted by Gasteiger charge is -2.21. The number of ether oxygens (including phenoxy) is 2. The van der Waals surface area contributed by atoms with Gasteiger partial charge in [0.15, 0.2) is 17.5 Å². The van der Waals surface area contributed by atoms with Crippen LogP contribution in [0.25, 0.3) is 0 Å². The second-order valence-corrected chi connectivity index (χ2v) is 6.15. The Kier molecular flexibility index (Phi) is 6.50. The first-order valence-corrected chi connectivity index (χ1v) is 8.47. The van der Waals surface area contributed by atoms with Gasteiger partial charge >= 0.3 is 5.97 Å². The average Bonchev–Trinajstić information content (AvgIpc) is 3.00. The summed E-state index contributed by atoms with van der Waals surface area (Å²) in [5.41, 5.74) is 0.687. The van der Waals surface area contributed by atoms with Crippen molar-refractivity contribution in [1.82, 2.24) is 10.2 Å². The number of hydrogen-bond donors (Lipinski definition) is 2. The molecule has 1 saturated heterocycles. The Bertz CT molecular complexity index is 633. The van der Waals surface area contributed by atoms with E-state index >= 15 is 0 Å². The number of nitrogens with zero attached hydrogens (tertiary/aromatic N) is 2. The topological polar surface area (TPSA) is 83.4 Å². The predicted molar refractivity (Wildman–Crippen MR) is 95.7 cm³/mol. The minimum absolute atomic E-state index is 0.104. The molecule has 0 bridgehead atoms. The summed E-state index contributed by atoms with van der Waals surface area (Å²) in [6, 6.07) is 5.34. The number of benzene rings is 1. The first-order valence-electron chi connectivity index (χ1n) is 8.47. The number of phenolic OH excluding ortho intramolecular Hbond substituents is 1. The summed E-state index contributed by atoms with van der Waals surface area (Å²) in [4.78, 5) is 18.6. The van der Waals surface area contributed by atoms with E-state index in [1.165, 1.54) is 14.2 Å². The lowest BCUT2D eigenvalue weighted by Crippen LogP contribution is -2.40. The summed E-state index contributed by atoms with van der Waals surface area (Å²) in [5, 5.41) is 13.4. The molecule has 2 N–H and O–H groups in total. The second-order valence-electron chi connectivity index (χ2n) is 6.15. The van der Waals surface area contributed by atoms with Crippen LogP contribution in [-0.4, -0.2) is 55.8 Å². The number of phenols is 1. The summed E-state index contributed by atoms with van der Waals surface area (Å²) < 4.78 is 10.0. The third kappa shape index (κ3) is 4.35. The van der Waals surface area contributed by atoms with E-state index in [4.69, 9.17) is 9.47 Å². The van der Waals surface area contributed by atoms with Crippen molar-refractivity contribution in [3.63, 3.8) is 0 Å². The molecular weight excluding hydrogens is 322 g/mol. The lowest BCUT2D eigenvalue weighted by atomic mass is 9.99. The zero-order valence-corrected chi connectivity index (χ0v) is 15.3. The fourth-order valence-electron chi connectivity index (χ4n) is 3.04. The molecule has 0 aromatic heterocycles. The van der Waals surface area contributed by atoms with E-state index in [-0.39, 0.29) is 23.6 Å². The van der Waals surface area contributed by atoms with E-state index in [0.29, 0.717) is 24.4 Å². The maximum atomic E-state index is 11.9. The Labute approximate surface area is 148 Å². The maximum Gasteiger partial charge on any atom is 0.310 e. The van der Waals surface area contributed by atoms with Gasteiger partial charge in [-0.1, -0.05) is 19.1 Å². The van der Waals surface area contributed by atoms with Crippen LogP contribution in [0.5, 0.6) is 11.5 Å². The van der Waals surface area contributed by atoms with Crippen molar-refractivity contribution in [2.75, 3.05) is 33.9 Å². The maximum absolute atomic E-state index is 11.9. The number of carbonyl (C=O) groups excluding carboxylic acids is 1. The molecule has 25 heavy (non-hydrogen) atoms. The van der Waals surface area contributed by atoms with E-state index in [1.807, 2.05) is 26.0 Å². The van der Waals surface area contributed by atoms with Gasteiger partial charge in [-0.05, 0) is 18.9 Å². The minimum Gasteiger partial charge on any atom is -0.504 e. The minimum atomic E-state index is -0.184. The van der Waals surface area contributed by atoms with E-state index < -0.39 is 0 Å². The number of esters is 1. The molecule has 1 aliphatic rings. The van der Waals surface area contributed by atoms with Crippen molar-refractivity contribution in [1.29, 1.82) is 0 Å². The van der Waals surface area contributed by atoms with Crippen LogP contribution in [0.15, 0.2) is 23.2 Å². The van der Waals surface area contributed by atoms with E-state index in [9.17, 15) is 9.90 Å². The largest absolute Gasteiger partial charge is 0.504 e. The van der Waals surface area contributed by atoms with Gasteiger partial charge in [-0.15, -0.1) is 0 Å². The van der Waals surface area contributed by atoms with Gasteiger partial charge < -0.3 is 24.8 Å². The van der Waals surface area contributed by atoms with E-state index in [1.54, 1.807) is 6.07 Å². The van der Waals surface area contributed by atoms with Crippen molar-refractivity contribution in [3.8, 4) is 11.5 Å². The summed E-state index contributed by atoms with van der Waals surface area (Å²) >= 11 is 0. The number of aliphatic imine (C=N–C) groups is 1. The van der Waals surface area contributed by atoms with Gasteiger partial charge in [-0.3, -0.25) is 4.79 Å². The number of nitrogens with one attached hydrogen (secondary N) is 1. The molecule has 1 aromatic carbocycles. The summed E-state index contributed by atoms with van der Waals surface area (Å²) in [7, 11) is 2.94. The number of para-hydroxylation sites is 1. The fourth-order valence-corrected chi connectivity index (χ4v) is 3.04. The molecule has 2 unspecified atom stereocenters. The van der Waals surface area contributed by atoms with Crippen LogP contribution >= 0.6 is 0 Å². The smallest absolute Gasteiger partial charge is 0.310 e. The molecule has 2 rings (SSSR count). The van der Waals surface area contributed by atoms with Crippen molar-refractivity contribution >= 4 is 11.9 Å². The van der Waals surface area contributed by atoms with Gasteiger partial charge in [0.25, 0.3) is 0 Å². The van der Waals surface area contributed by atoms with Gasteiger partial charge in [0.2, 0.25) is 0 Å². The Morgan fingerprint density at radius 3 is 2.80 bits per heavy atom. The van der Waals surface area contributed by atoms with Crippen molar-refractivity contribution in [3.05, 3.63) is 23.8 Å². The quantitative estimate of drug-likeness (QED) is 0.477. The van der Waals surface area contributed by atoms with E-state index in [0.717, 1.165) is 19.0 Å². The molecule has 138 valence electrons. The first kappa shape index (κ1) is 18.9. The number of guanidine groups is 1. The molecular formula is C18H27N3O4. The standard InChI is InChI=1S/C18H27N3O4/c1-5-19-18(21-10-12(2)14(11-21)17(23)25-4)20-9-13-7-6-8-15(24-3)16(13)22/h6-8,12,14,22H,5,9-11H2,1-4H3,(H,19,20).